The van der Waals surface area contributed by atoms with Gasteiger partial charge in [-0.05, 0) is 62.2 Å². The number of rotatable bonds is 1. The van der Waals surface area contributed by atoms with E-state index in [0.29, 0.717) is 17.3 Å². The quantitative estimate of drug-likeness (QED) is 0.530. The predicted octanol–water partition coefficient (Wildman–Crippen LogP) is 3.27. The molecule has 0 amide bonds. The lowest BCUT2D eigenvalue weighted by molar-refractivity contribution is 0.174. The van der Waals surface area contributed by atoms with E-state index in [4.69, 9.17) is 14.5 Å². The van der Waals surface area contributed by atoms with Gasteiger partial charge in [-0.15, -0.1) is 0 Å². The fourth-order valence-corrected chi connectivity index (χ4v) is 3.48. The molecule has 0 fully saturated rings. The van der Waals surface area contributed by atoms with Gasteiger partial charge in [0.2, 0.25) is 6.79 Å². The van der Waals surface area contributed by atoms with E-state index in [-0.39, 0.29) is 12.4 Å². The lowest BCUT2D eigenvalue weighted by Gasteiger charge is -2.13. The second-order valence-electron chi connectivity index (χ2n) is 6.68. The summed E-state index contributed by atoms with van der Waals surface area (Å²) in [7, 11) is 0. The molecule has 1 aliphatic rings. The molecule has 2 aromatic carbocycles. The molecule has 3 heterocycles. The van der Waals surface area contributed by atoms with E-state index in [0.717, 1.165) is 33.4 Å². The molecule has 0 bridgehead atoms. The minimum atomic E-state index is -0.109. The Hall–Kier alpha value is -3.28. The molecular formula is C20H17N3O3. The van der Waals surface area contributed by atoms with E-state index in [2.05, 4.69) is 26.0 Å². The molecule has 6 nitrogen and oxygen atoms in total. The Balaban J connectivity index is 1.92. The van der Waals surface area contributed by atoms with Crippen LogP contribution in [0.2, 0.25) is 0 Å². The third-order valence-electron chi connectivity index (χ3n) is 4.95. The van der Waals surface area contributed by atoms with Gasteiger partial charge in [0.25, 0.3) is 5.56 Å². The van der Waals surface area contributed by atoms with Gasteiger partial charge < -0.3 is 9.47 Å². The lowest BCUT2D eigenvalue weighted by Crippen LogP contribution is -2.16. The number of aryl methyl sites for hydroxylation is 3. The summed E-state index contributed by atoms with van der Waals surface area (Å²) in [6, 6.07) is 11.4. The van der Waals surface area contributed by atoms with Crippen LogP contribution in [-0.2, 0) is 0 Å². The molecule has 0 radical (unpaired) electrons. The molecule has 26 heavy (non-hydrogen) atoms. The normalized spacial score (nSPS) is 13.0. The zero-order valence-corrected chi connectivity index (χ0v) is 14.7. The van der Waals surface area contributed by atoms with Crippen LogP contribution >= 0.6 is 0 Å². The molecule has 0 N–H and O–H groups in total. The zero-order chi connectivity index (χ0) is 18.0. The second kappa shape index (κ2) is 5.11. The summed E-state index contributed by atoms with van der Waals surface area (Å²) in [5, 5.41) is 0. The van der Waals surface area contributed by atoms with Gasteiger partial charge in [-0.2, -0.15) is 4.52 Å². The molecule has 2 aromatic heterocycles. The van der Waals surface area contributed by atoms with Crippen molar-refractivity contribution in [3.63, 3.8) is 0 Å². The molecular weight excluding hydrogens is 330 g/mol. The summed E-state index contributed by atoms with van der Waals surface area (Å²) in [6.45, 7) is 6.27. The van der Waals surface area contributed by atoms with Gasteiger partial charge in [-0.1, -0.05) is 0 Å². The summed E-state index contributed by atoms with van der Waals surface area (Å²) < 4.78 is 14.4. The van der Waals surface area contributed by atoms with Crippen molar-refractivity contribution in [1.29, 1.82) is 0 Å². The van der Waals surface area contributed by atoms with Gasteiger partial charge in [-0.25, -0.2) is 9.50 Å². The van der Waals surface area contributed by atoms with E-state index in [1.165, 1.54) is 0 Å². The van der Waals surface area contributed by atoms with Gasteiger partial charge in [0.1, 0.15) is 0 Å². The molecule has 0 unspecified atom stereocenters. The molecule has 0 saturated carbocycles. The predicted molar refractivity (Wildman–Crippen MR) is 98.2 cm³/mol. The smallest absolute Gasteiger partial charge is 0.273 e. The zero-order valence-electron chi connectivity index (χ0n) is 14.7. The summed E-state index contributed by atoms with van der Waals surface area (Å²) in [4.78, 5) is 17.5. The monoisotopic (exact) mass is 347 g/mol. The maximum absolute atomic E-state index is 12.7. The Bertz CT molecular complexity index is 1270. The van der Waals surface area contributed by atoms with Crippen molar-refractivity contribution in [3.05, 3.63) is 63.6 Å². The molecule has 130 valence electrons. The topological polar surface area (TPSA) is 57.2 Å². The van der Waals surface area contributed by atoms with E-state index in [9.17, 15) is 4.79 Å². The van der Waals surface area contributed by atoms with Crippen molar-refractivity contribution in [1.82, 2.24) is 14.0 Å². The number of aromatic nitrogens is 3. The van der Waals surface area contributed by atoms with Crippen LogP contribution in [0.25, 0.3) is 22.4 Å². The molecule has 6 heteroatoms. The van der Waals surface area contributed by atoms with E-state index < -0.39 is 0 Å². The third kappa shape index (κ3) is 1.98. The molecule has 0 atom stereocenters. The molecule has 0 aliphatic carbocycles. The molecule has 1 aliphatic heterocycles. The van der Waals surface area contributed by atoms with Crippen molar-refractivity contribution in [3.8, 4) is 22.9 Å². The van der Waals surface area contributed by atoms with E-state index in [1.807, 2.05) is 29.6 Å². The second-order valence-corrected chi connectivity index (χ2v) is 6.68. The summed E-state index contributed by atoms with van der Waals surface area (Å²) in [5.41, 5.74) is 5.66. The van der Waals surface area contributed by atoms with Crippen LogP contribution in [0.3, 0.4) is 0 Å². The van der Waals surface area contributed by atoms with Gasteiger partial charge >= 0.3 is 0 Å². The highest BCUT2D eigenvalue weighted by Gasteiger charge is 2.19. The largest absolute Gasteiger partial charge is 0.454 e. The SMILES string of the molecule is Cc1cc2nc(-c3ccc4c(c3)OCO4)n3c(=O)cc(C)n3c2cc1C. The molecule has 5 rings (SSSR count). The first kappa shape index (κ1) is 15.0. The maximum atomic E-state index is 12.7. The third-order valence-corrected chi connectivity index (χ3v) is 4.95. The highest BCUT2D eigenvalue weighted by molar-refractivity contribution is 5.79. The Kier molecular flexibility index (Phi) is 2.95. The van der Waals surface area contributed by atoms with Crippen molar-refractivity contribution >= 4 is 11.0 Å². The van der Waals surface area contributed by atoms with Gasteiger partial charge in [-0.3, -0.25) is 4.79 Å². The van der Waals surface area contributed by atoms with Gasteiger partial charge in [0.05, 0.1) is 11.0 Å². The Morgan fingerprint density at radius 2 is 1.69 bits per heavy atom. The minimum absolute atomic E-state index is 0.109. The first-order valence-electron chi connectivity index (χ1n) is 8.45. The van der Waals surface area contributed by atoms with Crippen LogP contribution in [0.4, 0.5) is 0 Å². The number of hydrogen-bond donors (Lipinski definition) is 0. The van der Waals surface area contributed by atoms with Crippen LogP contribution in [0.1, 0.15) is 16.8 Å². The van der Waals surface area contributed by atoms with Gasteiger partial charge in [0.15, 0.2) is 17.3 Å². The highest BCUT2D eigenvalue weighted by atomic mass is 16.7. The fraction of sp³-hybridized carbons (Fsp3) is 0.200. The van der Waals surface area contributed by atoms with Crippen LogP contribution < -0.4 is 15.0 Å². The van der Waals surface area contributed by atoms with Crippen molar-refractivity contribution in [2.24, 2.45) is 0 Å². The highest BCUT2D eigenvalue weighted by Crippen LogP contribution is 2.35. The number of hydrogen-bond acceptors (Lipinski definition) is 4. The van der Waals surface area contributed by atoms with Crippen molar-refractivity contribution < 1.29 is 9.47 Å². The fourth-order valence-electron chi connectivity index (χ4n) is 3.48. The van der Waals surface area contributed by atoms with Crippen molar-refractivity contribution in [2.45, 2.75) is 20.8 Å². The Morgan fingerprint density at radius 1 is 0.923 bits per heavy atom. The van der Waals surface area contributed by atoms with Crippen LogP contribution in [0.15, 0.2) is 41.2 Å². The first-order chi connectivity index (χ1) is 12.5. The Morgan fingerprint density at radius 3 is 2.54 bits per heavy atom. The van der Waals surface area contributed by atoms with E-state index >= 15 is 0 Å². The maximum Gasteiger partial charge on any atom is 0.273 e. The van der Waals surface area contributed by atoms with Crippen molar-refractivity contribution in [2.75, 3.05) is 6.79 Å². The Labute approximate surface area is 149 Å². The standard InChI is InChI=1S/C20H17N3O3/c1-11-6-15-16(7-12(11)2)22-13(3)8-19(24)23(22)20(21-15)14-4-5-17-18(9-14)26-10-25-17/h4-9H,10H2,1-3H3. The molecule has 0 saturated heterocycles. The summed E-state index contributed by atoms with van der Waals surface area (Å²) in [6.07, 6.45) is 0. The average molecular weight is 347 g/mol. The van der Waals surface area contributed by atoms with Gasteiger partial charge in [0, 0.05) is 17.3 Å². The van der Waals surface area contributed by atoms with E-state index in [1.54, 1.807) is 10.6 Å². The molecule has 4 aromatic rings. The van der Waals surface area contributed by atoms with Crippen LogP contribution in [-0.4, -0.2) is 20.8 Å². The minimum Gasteiger partial charge on any atom is -0.454 e. The average Bonchev–Trinajstić information content (AvgIpc) is 3.19. The molecule has 0 spiro atoms. The number of ether oxygens (including phenoxy) is 2. The van der Waals surface area contributed by atoms with Crippen LogP contribution in [0, 0.1) is 20.8 Å². The lowest BCUT2D eigenvalue weighted by atomic mass is 10.1. The number of nitrogens with zero attached hydrogens (tertiary/aromatic N) is 3. The number of benzene rings is 2. The summed E-state index contributed by atoms with van der Waals surface area (Å²) in [5.74, 6) is 1.95. The van der Waals surface area contributed by atoms with Crippen LogP contribution in [0.5, 0.6) is 11.5 Å². The summed E-state index contributed by atoms with van der Waals surface area (Å²) >= 11 is 0. The first-order valence-corrected chi connectivity index (χ1v) is 8.45. The number of fused-ring (bicyclic) bond motifs is 4.